The van der Waals surface area contributed by atoms with E-state index in [2.05, 4.69) is 13.8 Å². The van der Waals surface area contributed by atoms with Gasteiger partial charge in [-0.25, -0.2) is 0 Å². The van der Waals surface area contributed by atoms with Gasteiger partial charge in [0.05, 0.1) is 11.0 Å². The van der Waals surface area contributed by atoms with Crippen molar-refractivity contribution in [1.29, 1.82) is 0 Å². The van der Waals surface area contributed by atoms with E-state index >= 15 is 0 Å². The van der Waals surface area contributed by atoms with Gasteiger partial charge in [0.2, 0.25) is 0 Å². The van der Waals surface area contributed by atoms with Gasteiger partial charge < -0.3 is 10.2 Å². The molecule has 2 N–H and O–H groups in total. The van der Waals surface area contributed by atoms with Gasteiger partial charge in [-0.05, 0) is 32.1 Å². The van der Waals surface area contributed by atoms with E-state index in [0.717, 1.165) is 19.3 Å². The summed E-state index contributed by atoms with van der Waals surface area (Å²) in [6.45, 7) is 13.0. The van der Waals surface area contributed by atoms with Crippen molar-refractivity contribution in [3.63, 3.8) is 0 Å². The van der Waals surface area contributed by atoms with Gasteiger partial charge in [-0.15, -0.1) is 0 Å². The summed E-state index contributed by atoms with van der Waals surface area (Å²) in [5, 5.41) is 20.2. The van der Waals surface area contributed by atoms with E-state index in [9.17, 15) is 15.0 Å². The lowest BCUT2D eigenvalue weighted by molar-refractivity contribution is -0.188. The van der Waals surface area contributed by atoms with Crippen LogP contribution in [0.4, 0.5) is 0 Å². The highest BCUT2D eigenvalue weighted by Crippen LogP contribution is 2.49. The fourth-order valence-electron chi connectivity index (χ4n) is 2.36. The fourth-order valence-corrected chi connectivity index (χ4v) is 2.36. The van der Waals surface area contributed by atoms with Gasteiger partial charge >= 0.3 is 5.97 Å². The predicted molar refractivity (Wildman–Crippen MR) is 74.5 cm³/mol. The Morgan fingerprint density at radius 3 is 1.94 bits per heavy atom. The maximum absolute atomic E-state index is 11.4. The molecule has 0 aliphatic rings. The molecular formula is C15H30O3. The fraction of sp³-hybridized carbons (Fsp3) is 0.933. The lowest BCUT2D eigenvalue weighted by Gasteiger charge is -2.51. The van der Waals surface area contributed by atoms with Gasteiger partial charge in [-0.2, -0.15) is 0 Å². The molecule has 3 nitrogen and oxygen atoms in total. The average Bonchev–Trinajstić information content (AvgIpc) is 2.24. The lowest BCUT2D eigenvalue weighted by atomic mass is 9.57. The molecule has 0 spiro atoms. The second-order valence-electron chi connectivity index (χ2n) is 6.77. The normalized spacial score (nSPS) is 18.2. The number of carbonyl (C=O) groups is 1. The summed E-state index contributed by atoms with van der Waals surface area (Å²) in [5.74, 6) is -0.686. The minimum absolute atomic E-state index is 0.270. The zero-order valence-electron chi connectivity index (χ0n) is 13.0. The third-order valence-corrected chi connectivity index (χ3v) is 5.23. The standard InChI is InChI=1S/C15H30O3/c1-8-9-10-11(2)13(3,4)15(7,18)14(5,6)12(16)17/h11,18H,8-10H2,1-7H3,(H,16,17)/t11?,15-/m1/s1. The molecule has 0 saturated carbocycles. The smallest absolute Gasteiger partial charge is 0.312 e. The molecule has 108 valence electrons. The van der Waals surface area contributed by atoms with Crippen molar-refractivity contribution >= 4 is 5.97 Å². The van der Waals surface area contributed by atoms with Crippen molar-refractivity contribution in [2.45, 2.75) is 73.3 Å². The lowest BCUT2D eigenvalue weighted by Crippen LogP contribution is -2.58. The van der Waals surface area contributed by atoms with Crippen LogP contribution in [0, 0.1) is 16.7 Å². The van der Waals surface area contributed by atoms with Crippen molar-refractivity contribution in [1.82, 2.24) is 0 Å². The molecule has 1 unspecified atom stereocenters. The number of carboxylic acids is 1. The first-order valence-electron chi connectivity index (χ1n) is 6.88. The molecule has 3 heteroatoms. The van der Waals surface area contributed by atoms with Gasteiger partial charge in [-0.3, -0.25) is 4.79 Å². The second-order valence-corrected chi connectivity index (χ2v) is 6.77. The Bertz CT molecular complexity index is 290. The van der Waals surface area contributed by atoms with Crippen LogP contribution in [0.5, 0.6) is 0 Å². The topological polar surface area (TPSA) is 57.5 Å². The molecular weight excluding hydrogens is 228 g/mol. The maximum Gasteiger partial charge on any atom is 0.312 e. The highest BCUT2D eigenvalue weighted by molar-refractivity contribution is 5.75. The van der Waals surface area contributed by atoms with Crippen LogP contribution in [-0.2, 0) is 4.79 Å². The van der Waals surface area contributed by atoms with Crippen molar-refractivity contribution in [3.8, 4) is 0 Å². The predicted octanol–water partition coefficient (Wildman–Crippen LogP) is 3.70. The molecule has 0 rings (SSSR count). The SMILES string of the molecule is CCCCC(C)C(C)(C)[C@@](C)(O)C(C)(C)C(=O)O. The van der Waals surface area contributed by atoms with E-state index in [1.54, 1.807) is 20.8 Å². The summed E-state index contributed by atoms with van der Waals surface area (Å²) >= 11 is 0. The highest BCUT2D eigenvalue weighted by atomic mass is 16.4. The first kappa shape index (κ1) is 17.4. The summed E-state index contributed by atoms with van der Waals surface area (Å²) in [7, 11) is 0. The molecule has 0 saturated heterocycles. The van der Waals surface area contributed by atoms with Crippen LogP contribution in [0.15, 0.2) is 0 Å². The van der Waals surface area contributed by atoms with Gasteiger partial charge in [0.1, 0.15) is 0 Å². The third-order valence-electron chi connectivity index (χ3n) is 5.23. The van der Waals surface area contributed by atoms with Gasteiger partial charge in [0.15, 0.2) is 0 Å². The molecule has 0 aromatic carbocycles. The van der Waals surface area contributed by atoms with E-state index < -0.39 is 22.4 Å². The van der Waals surface area contributed by atoms with Crippen LogP contribution in [0.1, 0.15) is 67.7 Å². The molecule has 0 heterocycles. The van der Waals surface area contributed by atoms with E-state index in [4.69, 9.17) is 0 Å². The number of hydrogen-bond donors (Lipinski definition) is 2. The summed E-state index contributed by atoms with van der Waals surface area (Å²) in [6, 6.07) is 0. The number of hydrogen-bond acceptors (Lipinski definition) is 2. The van der Waals surface area contributed by atoms with E-state index in [0.29, 0.717) is 0 Å². The molecule has 0 aromatic heterocycles. The minimum Gasteiger partial charge on any atom is -0.481 e. The number of aliphatic hydroxyl groups is 1. The molecule has 0 fully saturated rings. The van der Waals surface area contributed by atoms with Gasteiger partial charge in [0, 0.05) is 0 Å². The Kier molecular flexibility index (Phi) is 5.42. The second kappa shape index (κ2) is 5.60. The third kappa shape index (κ3) is 2.87. The molecule has 0 radical (unpaired) electrons. The van der Waals surface area contributed by atoms with Crippen LogP contribution >= 0.6 is 0 Å². The summed E-state index contributed by atoms with van der Waals surface area (Å²) in [4.78, 5) is 11.4. The molecule has 0 aromatic rings. The van der Waals surface area contributed by atoms with Crippen LogP contribution in [0.3, 0.4) is 0 Å². The van der Waals surface area contributed by atoms with Crippen molar-refractivity contribution in [2.24, 2.45) is 16.7 Å². The molecule has 2 atom stereocenters. The molecule has 0 aliphatic heterocycles. The Hall–Kier alpha value is -0.570. The summed E-state index contributed by atoms with van der Waals surface area (Å²) < 4.78 is 0. The monoisotopic (exact) mass is 258 g/mol. The van der Waals surface area contributed by atoms with E-state index in [-0.39, 0.29) is 5.92 Å². The average molecular weight is 258 g/mol. The van der Waals surface area contributed by atoms with Crippen molar-refractivity contribution < 1.29 is 15.0 Å². The van der Waals surface area contributed by atoms with Crippen LogP contribution < -0.4 is 0 Å². The molecule has 0 bridgehead atoms. The Morgan fingerprint density at radius 1 is 1.17 bits per heavy atom. The van der Waals surface area contributed by atoms with E-state index in [1.165, 1.54) is 0 Å². The zero-order chi connectivity index (χ0) is 14.8. The van der Waals surface area contributed by atoms with E-state index in [1.807, 2.05) is 13.8 Å². The molecule has 0 amide bonds. The number of carboxylic acid groups (broad SMARTS) is 1. The highest BCUT2D eigenvalue weighted by Gasteiger charge is 2.55. The van der Waals surface area contributed by atoms with Gasteiger partial charge in [0.25, 0.3) is 0 Å². The first-order chi connectivity index (χ1) is 7.92. The first-order valence-corrected chi connectivity index (χ1v) is 6.88. The summed E-state index contributed by atoms with van der Waals surface area (Å²) in [5.41, 5.74) is -2.89. The number of aliphatic carboxylic acids is 1. The minimum atomic E-state index is -1.26. The van der Waals surface area contributed by atoms with Crippen LogP contribution in [0.2, 0.25) is 0 Å². The largest absolute Gasteiger partial charge is 0.481 e. The number of unbranched alkanes of at least 4 members (excludes halogenated alkanes) is 1. The molecule has 0 aliphatic carbocycles. The Labute approximate surface area is 112 Å². The molecule has 18 heavy (non-hydrogen) atoms. The Morgan fingerprint density at radius 2 is 1.61 bits per heavy atom. The Balaban J connectivity index is 5.24. The summed E-state index contributed by atoms with van der Waals surface area (Å²) in [6.07, 6.45) is 3.23. The zero-order valence-corrected chi connectivity index (χ0v) is 13.0. The van der Waals surface area contributed by atoms with Crippen LogP contribution in [0.25, 0.3) is 0 Å². The van der Waals surface area contributed by atoms with Crippen molar-refractivity contribution in [3.05, 3.63) is 0 Å². The quantitative estimate of drug-likeness (QED) is 0.732. The van der Waals surface area contributed by atoms with Gasteiger partial charge in [-0.1, -0.05) is 47.0 Å². The van der Waals surface area contributed by atoms with Crippen LogP contribution in [-0.4, -0.2) is 21.8 Å². The van der Waals surface area contributed by atoms with Crippen molar-refractivity contribution in [2.75, 3.05) is 0 Å². The number of rotatable bonds is 7. The maximum atomic E-state index is 11.4.